The Labute approximate surface area is 153 Å². The van der Waals surface area contributed by atoms with Crippen LogP contribution >= 0.6 is 0 Å². The second-order valence-corrected chi connectivity index (χ2v) is 6.45. The van der Waals surface area contributed by atoms with Crippen LogP contribution < -0.4 is 10.6 Å². The van der Waals surface area contributed by atoms with Crippen molar-refractivity contribution in [1.82, 2.24) is 15.6 Å². The van der Waals surface area contributed by atoms with Crippen LogP contribution in [0.1, 0.15) is 44.8 Å². The fourth-order valence-electron chi connectivity index (χ4n) is 2.90. The van der Waals surface area contributed by atoms with Crippen LogP contribution in [-0.4, -0.2) is 36.1 Å². The predicted octanol–water partition coefficient (Wildman–Crippen LogP) is 2.23. The zero-order valence-corrected chi connectivity index (χ0v) is 14.8. The van der Waals surface area contributed by atoms with E-state index in [-0.39, 0.29) is 23.6 Å². The molecule has 0 bridgehead atoms. The van der Waals surface area contributed by atoms with Crippen LogP contribution in [0.3, 0.4) is 0 Å². The van der Waals surface area contributed by atoms with Crippen molar-refractivity contribution in [2.75, 3.05) is 13.2 Å². The lowest BCUT2D eigenvalue weighted by Crippen LogP contribution is -2.32. The summed E-state index contributed by atoms with van der Waals surface area (Å²) in [4.78, 5) is 28.7. The first-order chi connectivity index (χ1) is 12.6. The number of carbonyl (C=O) groups excluding carboxylic acids is 2. The van der Waals surface area contributed by atoms with Crippen molar-refractivity contribution in [2.45, 2.75) is 32.4 Å². The van der Waals surface area contributed by atoms with Crippen molar-refractivity contribution < 1.29 is 14.3 Å². The van der Waals surface area contributed by atoms with Crippen LogP contribution in [0.2, 0.25) is 0 Å². The van der Waals surface area contributed by atoms with Crippen molar-refractivity contribution in [3.8, 4) is 0 Å². The van der Waals surface area contributed by atoms with Crippen LogP contribution in [-0.2, 0) is 11.3 Å². The highest BCUT2D eigenvalue weighted by atomic mass is 16.5. The Morgan fingerprint density at radius 1 is 1.19 bits per heavy atom. The average Bonchev–Trinajstić information content (AvgIpc) is 3.18. The van der Waals surface area contributed by atoms with E-state index in [1.807, 2.05) is 31.2 Å². The Bertz CT molecular complexity index is 785. The molecule has 1 atom stereocenters. The van der Waals surface area contributed by atoms with Gasteiger partial charge in [-0.25, -0.2) is 0 Å². The van der Waals surface area contributed by atoms with Gasteiger partial charge in [0.15, 0.2) is 0 Å². The number of aryl methyl sites for hydroxylation is 1. The summed E-state index contributed by atoms with van der Waals surface area (Å²) < 4.78 is 5.48. The van der Waals surface area contributed by atoms with Crippen molar-refractivity contribution in [2.24, 2.45) is 0 Å². The Balaban J connectivity index is 1.56. The molecule has 1 aliphatic rings. The summed E-state index contributed by atoms with van der Waals surface area (Å²) in [5.41, 5.74) is 2.81. The standard InChI is InChI=1S/C20H23N3O3/c1-14-4-2-5-15(10-14)12-22-19(24)16-7-8-21-18(11-16)20(25)23-13-17-6-3-9-26-17/h2,4-5,7-8,10-11,17H,3,6,9,12-13H2,1H3,(H,22,24)(H,23,25). The van der Waals surface area contributed by atoms with Gasteiger partial charge in [-0.15, -0.1) is 0 Å². The van der Waals surface area contributed by atoms with E-state index in [2.05, 4.69) is 15.6 Å². The van der Waals surface area contributed by atoms with Gasteiger partial charge in [0.25, 0.3) is 11.8 Å². The van der Waals surface area contributed by atoms with Crippen molar-refractivity contribution >= 4 is 11.8 Å². The van der Waals surface area contributed by atoms with Crippen molar-refractivity contribution in [3.63, 3.8) is 0 Å². The first-order valence-corrected chi connectivity index (χ1v) is 8.81. The van der Waals surface area contributed by atoms with Crippen LogP contribution in [0.4, 0.5) is 0 Å². The second kappa shape index (κ2) is 8.58. The zero-order chi connectivity index (χ0) is 18.4. The summed E-state index contributed by atoms with van der Waals surface area (Å²) in [6, 6.07) is 11.1. The lowest BCUT2D eigenvalue weighted by Gasteiger charge is -2.11. The third-order valence-electron chi connectivity index (χ3n) is 4.30. The van der Waals surface area contributed by atoms with Gasteiger partial charge in [0.05, 0.1) is 6.10 Å². The number of benzene rings is 1. The molecule has 3 rings (SSSR count). The van der Waals surface area contributed by atoms with E-state index in [0.29, 0.717) is 18.7 Å². The molecule has 1 aromatic carbocycles. The number of ether oxygens (including phenoxy) is 1. The van der Waals surface area contributed by atoms with Gasteiger partial charge in [0, 0.05) is 31.5 Å². The first kappa shape index (κ1) is 18.1. The smallest absolute Gasteiger partial charge is 0.269 e. The molecular formula is C20H23N3O3. The van der Waals surface area contributed by atoms with Gasteiger partial charge in [0.2, 0.25) is 0 Å². The molecule has 0 radical (unpaired) electrons. The molecule has 6 heteroatoms. The first-order valence-electron chi connectivity index (χ1n) is 8.81. The molecule has 0 spiro atoms. The van der Waals surface area contributed by atoms with Gasteiger partial charge in [-0.1, -0.05) is 29.8 Å². The monoisotopic (exact) mass is 353 g/mol. The normalized spacial score (nSPS) is 16.3. The van der Waals surface area contributed by atoms with Gasteiger partial charge in [-0.3, -0.25) is 14.6 Å². The molecule has 1 unspecified atom stereocenters. The highest BCUT2D eigenvalue weighted by Gasteiger charge is 2.17. The second-order valence-electron chi connectivity index (χ2n) is 6.45. The molecule has 6 nitrogen and oxygen atoms in total. The van der Waals surface area contributed by atoms with E-state index in [1.54, 1.807) is 6.07 Å². The van der Waals surface area contributed by atoms with Gasteiger partial charge in [-0.05, 0) is 37.5 Å². The Morgan fingerprint density at radius 3 is 2.85 bits per heavy atom. The predicted molar refractivity (Wildman–Crippen MR) is 97.9 cm³/mol. The molecule has 0 aliphatic carbocycles. The Hall–Kier alpha value is -2.73. The van der Waals surface area contributed by atoms with Gasteiger partial charge < -0.3 is 15.4 Å². The highest BCUT2D eigenvalue weighted by Crippen LogP contribution is 2.11. The third kappa shape index (κ3) is 4.89. The summed E-state index contributed by atoms with van der Waals surface area (Å²) in [5.74, 6) is -0.532. The molecule has 2 aromatic rings. The van der Waals surface area contributed by atoms with E-state index in [4.69, 9.17) is 4.74 Å². The maximum Gasteiger partial charge on any atom is 0.269 e. The fraction of sp³-hybridized carbons (Fsp3) is 0.350. The largest absolute Gasteiger partial charge is 0.376 e. The molecule has 2 N–H and O–H groups in total. The number of pyridine rings is 1. The Morgan fingerprint density at radius 2 is 2.08 bits per heavy atom. The lowest BCUT2D eigenvalue weighted by molar-refractivity contribution is 0.0853. The summed E-state index contributed by atoms with van der Waals surface area (Å²) >= 11 is 0. The minimum Gasteiger partial charge on any atom is -0.376 e. The summed E-state index contributed by atoms with van der Waals surface area (Å²) in [6.07, 6.45) is 3.52. The molecular weight excluding hydrogens is 330 g/mol. The van der Waals surface area contributed by atoms with Crippen molar-refractivity contribution in [3.05, 3.63) is 65.0 Å². The number of rotatable bonds is 6. The molecule has 1 aromatic heterocycles. The zero-order valence-electron chi connectivity index (χ0n) is 14.8. The van der Waals surface area contributed by atoms with Crippen LogP contribution in [0.5, 0.6) is 0 Å². The van der Waals surface area contributed by atoms with Crippen LogP contribution in [0.25, 0.3) is 0 Å². The van der Waals surface area contributed by atoms with Gasteiger partial charge in [0.1, 0.15) is 5.69 Å². The Kier molecular flexibility index (Phi) is 5.96. The molecule has 1 aliphatic heterocycles. The third-order valence-corrected chi connectivity index (χ3v) is 4.30. The lowest BCUT2D eigenvalue weighted by atomic mass is 10.1. The van der Waals surface area contributed by atoms with Gasteiger partial charge >= 0.3 is 0 Å². The number of carbonyl (C=O) groups is 2. The topological polar surface area (TPSA) is 80.3 Å². The SMILES string of the molecule is Cc1cccc(CNC(=O)c2ccnc(C(=O)NCC3CCCO3)c2)c1. The maximum absolute atomic E-state index is 12.4. The maximum atomic E-state index is 12.4. The van der Waals surface area contributed by atoms with E-state index < -0.39 is 0 Å². The molecule has 136 valence electrons. The van der Waals surface area contributed by atoms with E-state index in [1.165, 1.54) is 12.3 Å². The number of hydrogen-bond donors (Lipinski definition) is 2. The average molecular weight is 353 g/mol. The van der Waals surface area contributed by atoms with Crippen LogP contribution in [0, 0.1) is 6.92 Å². The summed E-state index contributed by atoms with van der Waals surface area (Å²) in [7, 11) is 0. The molecule has 2 amide bonds. The summed E-state index contributed by atoms with van der Waals surface area (Å²) in [5, 5.41) is 5.68. The quantitative estimate of drug-likeness (QED) is 0.835. The van der Waals surface area contributed by atoms with Crippen LogP contribution in [0.15, 0.2) is 42.6 Å². The molecule has 2 heterocycles. The molecule has 1 fully saturated rings. The van der Waals surface area contributed by atoms with Crippen molar-refractivity contribution in [1.29, 1.82) is 0 Å². The number of hydrogen-bond acceptors (Lipinski definition) is 4. The number of nitrogens with zero attached hydrogens (tertiary/aromatic N) is 1. The summed E-state index contributed by atoms with van der Waals surface area (Å²) in [6.45, 7) is 3.65. The van der Waals surface area contributed by atoms with E-state index in [0.717, 1.165) is 30.6 Å². The van der Waals surface area contributed by atoms with E-state index in [9.17, 15) is 9.59 Å². The van der Waals surface area contributed by atoms with Gasteiger partial charge in [-0.2, -0.15) is 0 Å². The molecule has 26 heavy (non-hydrogen) atoms. The number of amides is 2. The molecule has 1 saturated heterocycles. The minimum absolute atomic E-state index is 0.0692. The number of nitrogens with one attached hydrogen (secondary N) is 2. The number of aromatic nitrogens is 1. The minimum atomic E-state index is -0.297. The fourth-order valence-corrected chi connectivity index (χ4v) is 2.90. The highest BCUT2D eigenvalue weighted by molar-refractivity contribution is 5.98. The van der Waals surface area contributed by atoms with E-state index >= 15 is 0 Å². The molecule has 0 saturated carbocycles.